The Kier molecular flexibility index (Phi) is 6.93. The summed E-state index contributed by atoms with van der Waals surface area (Å²) < 4.78 is 11.9. The molecule has 16 heavy (non-hydrogen) atoms. The van der Waals surface area contributed by atoms with Crippen LogP contribution >= 0.6 is 15.9 Å². The molecule has 0 amide bonds. The van der Waals surface area contributed by atoms with Gasteiger partial charge in [0, 0.05) is 11.1 Å². The molecular formula is C13H17BrO2. The van der Waals surface area contributed by atoms with Gasteiger partial charge in [-0.05, 0) is 31.0 Å². The minimum absolute atomic E-state index is 0.588. The molecule has 1 aromatic carbocycles. The lowest BCUT2D eigenvalue weighted by atomic mass is 10.3. The summed E-state index contributed by atoms with van der Waals surface area (Å²) in [5, 5.41) is 0. The van der Waals surface area contributed by atoms with Crippen LogP contribution in [0.3, 0.4) is 0 Å². The third-order valence-electron chi connectivity index (χ3n) is 1.99. The van der Waals surface area contributed by atoms with Gasteiger partial charge in [0.05, 0.1) is 6.61 Å². The zero-order valence-electron chi connectivity index (χ0n) is 9.32. The van der Waals surface area contributed by atoms with Gasteiger partial charge in [0.25, 0.3) is 0 Å². The fraction of sp³-hybridized carbons (Fsp3) is 0.385. The average Bonchev–Trinajstić information content (AvgIpc) is 2.28. The van der Waals surface area contributed by atoms with Crippen molar-refractivity contribution in [1.29, 1.82) is 0 Å². The van der Waals surface area contributed by atoms with Crippen molar-refractivity contribution in [3.63, 3.8) is 0 Å². The highest BCUT2D eigenvalue weighted by atomic mass is 79.9. The number of unbranched alkanes of at least 4 members (excludes halogenated alkanes) is 1. The Morgan fingerprint density at radius 2 is 2.12 bits per heavy atom. The van der Waals surface area contributed by atoms with Crippen LogP contribution in [-0.4, -0.2) is 19.8 Å². The molecule has 88 valence electrons. The monoisotopic (exact) mass is 284 g/mol. The molecule has 0 fully saturated rings. The molecule has 0 bridgehead atoms. The number of allylic oxidation sites excluding steroid dienone is 1. The lowest BCUT2D eigenvalue weighted by Crippen LogP contribution is -2.07. The summed E-state index contributed by atoms with van der Waals surface area (Å²) in [6, 6.07) is 7.79. The SMILES string of the molecule is C=CCCCOCCOc1cccc(Br)c1. The Morgan fingerprint density at radius 3 is 2.88 bits per heavy atom. The molecule has 0 atom stereocenters. The second-order valence-corrected chi connectivity index (χ2v) is 4.26. The van der Waals surface area contributed by atoms with Gasteiger partial charge in [-0.2, -0.15) is 0 Å². The lowest BCUT2D eigenvalue weighted by molar-refractivity contribution is 0.0988. The quantitative estimate of drug-likeness (QED) is 0.534. The molecule has 0 aliphatic carbocycles. The van der Waals surface area contributed by atoms with Crippen molar-refractivity contribution < 1.29 is 9.47 Å². The van der Waals surface area contributed by atoms with Gasteiger partial charge < -0.3 is 9.47 Å². The van der Waals surface area contributed by atoms with E-state index in [4.69, 9.17) is 9.47 Å². The van der Waals surface area contributed by atoms with Gasteiger partial charge >= 0.3 is 0 Å². The summed E-state index contributed by atoms with van der Waals surface area (Å²) in [4.78, 5) is 0. The maximum absolute atomic E-state index is 5.52. The van der Waals surface area contributed by atoms with E-state index in [2.05, 4.69) is 22.5 Å². The molecule has 0 N–H and O–H groups in total. The number of hydrogen-bond donors (Lipinski definition) is 0. The zero-order chi connectivity index (χ0) is 11.6. The first-order valence-electron chi connectivity index (χ1n) is 5.40. The Bertz CT molecular complexity index is 313. The number of hydrogen-bond acceptors (Lipinski definition) is 2. The van der Waals surface area contributed by atoms with Crippen LogP contribution in [0.25, 0.3) is 0 Å². The molecule has 0 heterocycles. The number of benzene rings is 1. The van der Waals surface area contributed by atoms with Crippen molar-refractivity contribution in [1.82, 2.24) is 0 Å². The Labute approximate surface area is 105 Å². The Morgan fingerprint density at radius 1 is 1.25 bits per heavy atom. The summed E-state index contributed by atoms with van der Waals surface area (Å²) in [5.41, 5.74) is 0. The van der Waals surface area contributed by atoms with E-state index in [-0.39, 0.29) is 0 Å². The molecule has 0 saturated carbocycles. The van der Waals surface area contributed by atoms with E-state index in [0.717, 1.165) is 29.7 Å². The maximum Gasteiger partial charge on any atom is 0.120 e. The van der Waals surface area contributed by atoms with Crippen molar-refractivity contribution in [3.8, 4) is 5.75 Å². The standard InChI is InChI=1S/C13H17BrO2/c1-2-3-4-8-15-9-10-16-13-7-5-6-12(14)11-13/h2,5-7,11H,1,3-4,8-10H2. The molecule has 0 aromatic heterocycles. The van der Waals surface area contributed by atoms with E-state index < -0.39 is 0 Å². The second-order valence-electron chi connectivity index (χ2n) is 3.35. The van der Waals surface area contributed by atoms with Gasteiger partial charge in [-0.15, -0.1) is 6.58 Å². The fourth-order valence-electron chi connectivity index (χ4n) is 1.21. The van der Waals surface area contributed by atoms with E-state index in [1.54, 1.807) is 0 Å². The summed E-state index contributed by atoms with van der Waals surface area (Å²) in [7, 11) is 0. The van der Waals surface area contributed by atoms with Crippen LogP contribution in [0.15, 0.2) is 41.4 Å². The molecule has 0 aliphatic heterocycles. The van der Waals surface area contributed by atoms with Crippen LogP contribution in [0.2, 0.25) is 0 Å². The second kappa shape index (κ2) is 8.36. The highest BCUT2D eigenvalue weighted by molar-refractivity contribution is 9.10. The summed E-state index contributed by atoms with van der Waals surface area (Å²) in [6.45, 7) is 5.65. The van der Waals surface area contributed by atoms with Crippen LogP contribution in [0.5, 0.6) is 5.75 Å². The smallest absolute Gasteiger partial charge is 0.120 e. The van der Waals surface area contributed by atoms with Crippen molar-refractivity contribution in [2.75, 3.05) is 19.8 Å². The van der Waals surface area contributed by atoms with E-state index in [1.807, 2.05) is 30.3 Å². The minimum atomic E-state index is 0.588. The molecule has 1 rings (SSSR count). The first kappa shape index (κ1) is 13.3. The zero-order valence-corrected chi connectivity index (χ0v) is 10.9. The van der Waals surface area contributed by atoms with Crippen LogP contribution in [-0.2, 0) is 4.74 Å². The molecule has 0 unspecified atom stereocenters. The molecule has 0 spiro atoms. The van der Waals surface area contributed by atoms with Crippen LogP contribution in [0.4, 0.5) is 0 Å². The minimum Gasteiger partial charge on any atom is -0.491 e. The normalized spacial score (nSPS) is 10.1. The predicted molar refractivity (Wildman–Crippen MR) is 69.9 cm³/mol. The van der Waals surface area contributed by atoms with Crippen molar-refractivity contribution >= 4 is 15.9 Å². The Hall–Kier alpha value is -0.800. The van der Waals surface area contributed by atoms with Gasteiger partial charge in [-0.1, -0.05) is 28.1 Å². The highest BCUT2D eigenvalue weighted by Crippen LogP contribution is 2.17. The summed E-state index contributed by atoms with van der Waals surface area (Å²) in [6.07, 6.45) is 3.94. The largest absolute Gasteiger partial charge is 0.491 e. The molecule has 0 saturated heterocycles. The number of halogens is 1. The third-order valence-corrected chi connectivity index (χ3v) is 2.48. The number of rotatable bonds is 8. The van der Waals surface area contributed by atoms with Crippen LogP contribution in [0, 0.1) is 0 Å². The lowest BCUT2D eigenvalue weighted by Gasteiger charge is -2.06. The van der Waals surface area contributed by atoms with Crippen molar-refractivity contribution in [2.24, 2.45) is 0 Å². The van der Waals surface area contributed by atoms with Gasteiger partial charge in [0.1, 0.15) is 12.4 Å². The average molecular weight is 285 g/mol. The number of ether oxygens (including phenoxy) is 2. The van der Waals surface area contributed by atoms with Crippen LogP contribution in [0.1, 0.15) is 12.8 Å². The van der Waals surface area contributed by atoms with E-state index >= 15 is 0 Å². The molecule has 3 heteroatoms. The first-order valence-corrected chi connectivity index (χ1v) is 6.19. The van der Waals surface area contributed by atoms with E-state index in [1.165, 1.54) is 0 Å². The third kappa shape index (κ3) is 5.93. The molecule has 2 nitrogen and oxygen atoms in total. The summed E-state index contributed by atoms with van der Waals surface area (Å²) in [5.74, 6) is 0.865. The molecular weight excluding hydrogens is 268 g/mol. The Balaban J connectivity index is 2.05. The molecule has 1 aromatic rings. The predicted octanol–water partition coefficient (Wildman–Crippen LogP) is 3.81. The van der Waals surface area contributed by atoms with E-state index in [0.29, 0.717) is 13.2 Å². The summed E-state index contributed by atoms with van der Waals surface area (Å²) >= 11 is 3.39. The van der Waals surface area contributed by atoms with Crippen molar-refractivity contribution in [2.45, 2.75) is 12.8 Å². The van der Waals surface area contributed by atoms with Gasteiger partial charge in [-0.3, -0.25) is 0 Å². The fourth-order valence-corrected chi connectivity index (χ4v) is 1.59. The van der Waals surface area contributed by atoms with Crippen molar-refractivity contribution in [3.05, 3.63) is 41.4 Å². The highest BCUT2D eigenvalue weighted by Gasteiger charge is 1.94. The van der Waals surface area contributed by atoms with Gasteiger partial charge in [-0.25, -0.2) is 0 Å². The van der Waals surface area contributed by atoms with Crippen LogP contribution < -0.4 is 4.74 Å². The molecule has 0 radical (unpaired) electrons. The first-order chi connectivity index (χ1) is 7.83. The van der Waals surface area contributed by atoms with E-state index in [9.17, 15) is 0 Å². The van der Waals surface area contributed by atoms with Gasteiger partial charge in [0.2, 0.25) is 0 Å². The topological polar surface area (TPSA) is 18.5 Å². The van der Waals surface area contributed by atoms with Gasteiger partial charge in [0.15, 0.2) is 0 Å². The maximum atomic E-state index is 5.52. The molecule has 0 aliphatic rings.